The molecule has 0 spiro atoms. The fourth-order valence-electron chi connectivity index (χ4n) is 3.57. The zero-order valence-electron chi connectivity index (χ0n) is 19.8. The van der Waals surface area contributed by atoms with Crippen LogP contribution in [-0.4, -0.2) is 26.3 Å². The number of hydrogen-bond acceptors (Lipinski definition) is 6. The minimum Gasteiger partial charge on any atom is -0.476 e. The molecule has 0 atom stereocenters. The first kappa shape index (κ1) is 27.4. The van der Waals surface area contributed by atoms with Crippen molar-refractivity contribution in [1.82, 2.24) is 15.2 Å². The second kappa shape index (κ2) is 11.4. The van der Waals surface area contributed by atoms with Crippen LogP contribution in [0.15, 0.2) is 53.3 Å². The van der Waals surface area contributed by atoms with Gasteiger partial charge in [0.05, 0.1) is 10.7 Å². The molecule has 196 valence electrons. The van der Waals surface area contributed by atoms with Crippen molar-refractivity contribution in [3.8, 4) is 22.9 Å². The smallest absolute Gasteiger partial charge is 0.356 e. The SMILES string of the molecule is Cc1cccc(C2CC2)c1Oc1n[nH]c(Cl)cc1=O.Nc1c(F)c(-c2ccc(Cl)cc2)nc(C(=O)O)c1Cl. The van der Waals surface area contributed by atoms with E-state index in [-0.39, 0.29) is 22.2 Å². The van der Waals surface area contributed by atoms with Gasteiger partial charge in [0.25, 0.3) is 5.88 Å². The molecule has 4 aromatic rings. The predicted molar refractivity (Wildman–Crippen MR) is 144 cm³/mol. The summed E-state index contributed by atoms with van der Waals surface area (Å²) in [6.45, 7) is 1.96. The number of aromatic amines is 1. The van der Waals surface area contributed by atoms with E-state index in [0.717, 1.165) is 16.9 Å². The van der Waals surface area contributed by atoms with E-state index in [1.807, 2.05) is 25.1 Å². The van der Waals surface area contributed by atoms with Crippen molar-refractivity contribution in [2.45, 2.75) is 25.7 Å². The van der Waals surface area contributed by atoms with Crippen molar-refractivity contribution < 1.29 is 19.0 Å². The number of halogens is 4. The number of nitrogen functional groups attached to an aromatic ring is 1. The Morgan fingerprint density at radius 2 is 1.84 bits per heavy atom. The Balaban J connectivity index is 0.000000177. The number of hydrogen-bond donors (Lipinski definition) is 3. The van der Waals surface area contributed by atoms with E-state index in [1.54, 1.807) is 0 Å². The molecule has 0 unspecified atom stereocenters. The standard InChI is InChI=1S/C14H13ClN2O2.C12H7Cl2FN2O2/c1-8-3-2-4-10(9-5-6-9)13(8)19-14-11(18)7-12(15)16-17-14;13-6-3-1-5(2-4-6)10-8(15)9(16)7(14)11(17-10)12(18)19/h2-4,7,9H,5-6H2,1H3,(H,16,18);1-4H,(H2,16,17)(H,18,19). The van der Waals surface area contributed by atoms with Crippen molar-refractivity contribution in [3.63, 3.8) is 0 Å². The van der Waals surface area contributed by atoms with Gasteiger partial charge >= 0.3 is 5.97 Å². The normalized spacial score (nSPS) is 12.4. The van der Waals surface area contributed by atoms with Crippen molar-refractivity contribution >= 4 is 46.5 Å². The second-order valence-corrected chi connectivity index (χ2v) is 9.64. The zero-order valence-corrected chi connectivity index (χ0v) is 22.0. The first-order valence-electron chi connectivity index (χ1n) is 11.2. The highest BCUT2D eigenvalue weighted by molar-refractivity contribution is 6.35. The van der Waals surface area contributed by atoms with Gasteiger partial charge in [-0.2, -0.15) is 0 Å². The minimum atomic E-state index is -1.38. The maximum absolute atomic E-state index is 14.0. The highest BCUT2D eigenvalue weighted by atomic mass is 35.5. The monoisotopic (exact) mass is 576 g/mol. The van der Waals surface area contributed by atoms with E-state index in [1.165, 1.54) is 43.2 Å². The number of pyridine rings is 1. The number of para-hydroxylation sites is 1. The first-order valence-corrected chi connectivity index (χ1v) is 12.4. The summed E-state index contributed by atoms with van der Waals surface area (Å²) in [6.07, 6.45) is 2.34. The molecule has 0 bridgehead atoms. The zero-order chi connectivity index (χ0) is 27.6. The number of rotatable bonds is 5. The van der Waals surface area contributed by atoms with Crippen molar-refractivity contribution in [2.75, 3.05) is 5.73 Å². The Morgan fingerprint density at radius 1 is 1.16 bits per heavy atom. The van der Waals surface area contributed by atoms with Gasteiger partial charge in [0.2, 0.25) is 5.43 Å². The topological polar surface area (TPSA) is 131 Å². The lowest BCUT2D eigenvalue weighted by atomic mass is 10.1. The Kier molecular flexibility index (Phi) is 8.20. The summed E-state index contributed by atoms with van der Waals surface area (Å²) in [7, 11) is 0. The van der Waals surface area contributed by atoms with E-state index in [9.17, 15) is 14.0 Å². The molecule has 12 heteroatoms. The van der Waals surface area contributed by atoms with Crippen LogP contribution < -0.4 is 15.9 Å². The molecule has 4 N–H and O–H groups in total. The Bertz CT molecular complexity index is 1570. The third-order valence-electron chi connectivity index (χ3n) is 5.62. The van der Waals surface area contributed by atoms with E-state index in [2.05, 4.69) is 15.2 Å². The molecule has 2 heterocycles. The molecular weight excluding hydrogens is 558 g/mol. The number of benzene rings is 2. The van der Waals surface area contributed by atoms with Gasteiger partial charge < -0.3 is 15.6 Å². The Hall–Kier alpha value is -3.66. The molecule has 0 saturated heterocycles. The van der Waals surface area contributed by atoms with Crippen molar-refractivity contribution in [1.29, 1.82) is 0 Å². The van der Waals surface area contributed by atoms with Gasteiger partial charge in [-0.15, -0.1) is 5.10 Å². The van der Waals surface area contributed by atoms with Crippen LogP contribution in [0.5, 0.6) is 11.6 Å². The molecule has 0 aliphatic heterocycles. The number of aromatic nitrogens is 3. The van der Waals surface area contributed by atoms with E-state index in [4.69, 9.17) is 50.4 Å². The number of ether oxygens (including phenoxy) is 1. The molecule has 1 aliphatic carbocycles. The molecule has 38 heavy (non-hydrogen) atoms. The average molecular weight is 578 g/mol. The summed E-state index contributed by atoms with van der Waals surface area (Å²) in [6, 6.07) is 13.4. The first-order chi connectivity index (χ1) is 18.1. The number of aromatic carboxylic acids is 1. The average Bonchev–Trinajstić information content (AvgIpc) is 3.72. The van der Waals surface area contributed by atoms with Gasteiger partial charge in [-0.1, -0.05) is 65.1 Å². The van der Waals surface area contributed by atoms with Gasteiger partial charge in [-0.3, -0.25) is 9.89 Å². The molecule has 1 fully saturated rings. The number of carboxylic acids is 1. The van der Waals surface area contributed by atoms with E-state index < -0.39 is 28.2 Å². The molecule has 1 aliphatic rings. The molecule has 0 amide bonds. The summed E-state index contributed by atoms with van der Waals surface area (Å²) in [4.78, 5) is 26.4. The minimum absolute atomic E-state index is 0.0283. The lowest BCUT2D eigenvalue weighted by Gasteiger charge is -2.12. The number of nitrogens with one attached hydrogen (secondary N) is 1. The number of carbonyl (C=O) groups is 1. The molecule has 2 aromatic carbocycles. The summed E-state index contributed by atoms with van der Waals surface area (Å²) >= 11 is 17.0. The third-order valence-corrected chi connectivity index (χ3v) is 6.45. The predicted octanol–water partition coefficient (Wildman–Crippen LogP) is 6.88. The van der Waals surface area contributed by atoms with Gasteiger partial charge in [0.15, 0.2) is 11.5 Å². The maximum atomic E-state index is 14.0. The van der Waals surface area contributed by atoms with Crippen LogP contribution in [-0.2, 0) is 0 Å². The van der Waals surface area contributed by atoms with Crippen LogP contribution in [0.4, 0.5) is 10.1 Å². The maximum Gasteiger partial charge on any atom is 0.356 e. The van der Waals surface area contributed by atoms with Crippen LogP contribution in [0.1, 0.15) is 40.4 Å². The number of nitrogens with zero attached hydrogens (tertiary/aromatic N) is 2. The van der Waals surface area contributed by atoms with Gasteiger partial charge in [0.1, 0.15) is 16.6 Å². The third kappa shape index (κ3) is 6.07. The summed E-state index contributed by atoms with van der Waals surface area (Å²) in [5, 5.41) is 15.6. The fraction of sp³-hybridized carbons (Fsp3) is 0.154. The van der Waals surface area contributed by atoms with E-state index in [0.29, 0.717) is 16.5 Å². The molecule has 0 radical (unpaired) electrons. The molecule has 1 saturated carbocycles. The van der Waals surface area contributed by atoms with Crippen LogP contribution in [0.2, 0.25) is 15.2 Å². The lowest BCUT2D eigenvalue weighted by molar-refractivity contribution is 0.0691. The van der Waals surface area contributed by atoms with Crippen molar-refractivity contribution in [2.24, 2.45) is 0 Å². The van der Waals surface area contributed by atoms with Gasteiger partial charge in [-0.25, -0.2) is 14.2 Å². The number of carboxylic acid groups (broad SMARTS) is 1. The molecule has 5 rings (SSSR count). The Labute approximate surface area is 231 Å². The molecular formula is C26H20Cl3FN4O4. The number of H-pyrrole nitrogens is 1. The van der Waals surface area contributed by atoms with Gasteiger partial charge in [-0.05, 0) is 48.9 Å². The van der Waals surface area contributed by atoms with Crippen LogP contribution in [0, 0.1) is 12.7 Å². The number of aryl methyl sites for hydroxylation is 1. The Morgan fingerprint density at radius 3 is 2.45 bits per heavy atom. The number of anilines is 1. The highest BCUT2D eigenvalue weighted by Crippen LogP contribution is 2.45. The summed E-state index contributed by atoms with van der Waals surface area (Å²) in [5.74, 6) is -0.934. The second-order valence-electron chi connectivity index (χ2n) is 8.42. The van der Waals surface area contributed by atoms with Crippen LogP contribution in [0.3, 0.4) is 0 Å². The quantitative estimate of drug-likeness (QED) is 0.236. The summed E-state index contributed by atoms with van der Waals surface area (Å²) in [5.41, 5.74) is 6.51. The van der Waals surface area contributed by atoms with Crippen LogP contribution >= 0.6 is 34.8 Å². The highest BCUT2D eigenvalue weighted by Gasteiger charge is 2.28. The van der Waals surface area contributed by atoms with Crippen molar-refractivity contribution in [3.05, 3.63) is 96.6 Å². The number of nitrogens with two attached hydrogens (primary N) is 1. The lowest BCUT2D eigenvalue weighted by Crippen LogP contribution is -2.08. The molecule has 8 nitrogen and oxygen atoms in total. The largest absolute Gasteiger partial charge is 0.476 e. The fourth-order valence-corrected chi connectivity index (χ4v) is 4.04. The van der Waals surface area contributed by atoms with E-state index >= 15 is 0 Å². The molecule has 2 aromatic heterocycles. The van der Waals surface area contributed by atoms with Gasteiger partial charge in [0, 0.05) is 16.7 Å². The summed E-state index contributed by atoms with van der Waals surface area (Å²) < 4.78 is 19.7. The van der Waals surface area contributed by atoms with Crippen LogP contribution in [0.25, 0.3) is 11.3 Å².